The minimum absolute atomic E-state index is 0.0261. The van der Waals surface area contributed by atoms with E-state index in [2.05, 4.69) is 9.72 Å². The number of esters is 1. The topological polar surface area (TPSA) is 81.5 Å². The SMILES string of the molecule is C[C@@H]1C[C@H](C)CN(S(=O)(=O)c2ccc(C(=O)O[C@@H](c3nccn3C)C(F)(F)F)cc2)C1. The molecule has 2 heterocycles. The molecule has 0 radical (unpaired) electrons. The number of hydrogen-bond donors (Lipinski definition) is 0. The summed E-state index contributed by atoms with van der Waals surface area (Å²) in [6.45, 7) is 4.76. The molecule has 3 atom stereocenters. The first-order valence-corrected chi connectivity index (χ1v) is 11.2. The van der Waals surface area contributed by atoms with Gasteiger partial charge in [-0.1, -0.05) is 13.8 Å². The molecule has 0 spiro atoms. The summed E-state index contributed by atoms with van der Waals surface area (Å²) < 4.78 is 73.3. The Kier molecular flexibility index (Phi) is 6.47. The maximum Gasteiger partial charge on any atom is 0.432 e. The molecule has 0 N–H and O–H groups in total. The van der Waals surface area contributed by atoms with E-state index < -0.39 is 34.1 Å². The highest BCUT2D eigenvalue weighted by Crippen LogP contribution is 2.35. The van der Waals surface area contributed by atoms with Gasteiger partial charge in [0.25, 0.3) is 6.10 Å². The van der Waals surface area contributed by atoms with Crippen LogP contribution in [0.15, 0.2) is 41.6 Å². The molecule has 1 fully saturated rings. The van der Waals surface area contributed by atoms with Crippen LogP contribution in [0.5, 0.6) is 0 Å². The van der Waals surface area contributed by atoms with Crippen LogP contribution in [0.4, 0.5) is 13.2 Å². The highest BCUT2D eigenvalue weighted by Gasteiger charge is 2.46. The molecule has 31 heavy (non-hydrogen) atoms. The van der Waals surface area contributed by atoms with Gasteiger partial charge in [-0.2, -0.15) is 17.5 Å². The van der Waals surface area contributed by atoms with E-state index in [0.717, 1.165) is 23.1 Å². The minimum atomic E-state index is -4.86. The molecule has 7 nitrogen and oxygen atoms in total. The highest BCUT2D eigenvalue weighted by molar-refractivity contribution is 7.89. The minimum Gasteiger partial charge on any atom is -0.441 e. The summed E-state index contributed by atoms with van der Waals surface area (Å²) >= 11 is 0. The van der Waals surface area contributed by atoms with E-state index in [4.69, 9.17) is 0 Å². The Morgan fingerprint density at radius 3 is 2.23 bits per heavy atom. The van der Waals surface area contributed by atoms with Gasteiger partial charge in [-0.3, -0.25) is 0 Å². The Morgan fingerprint density at radius 2 is 1.74 bits per heavy atom. The largest absolute Gasteiger partial charge is 0.441 e. The average molecular weight is 459 g/mol. The number of rotatable bonds is 5. The third kappa shape index (κ3) is 5.09. The van der Waals surface area contributed by atoms with Crippen LogP contribution in [-0.2, 0) is 21.8 Å². The number of piperidine rings is 1. The first kappa shape index (κ1) is 23.3. The second kappa shape index (κ2) is 8.62. The van der Waals surface area contributed by atoms with Crippen molar-refractivity contribution in [3.63, 3.8) is 0 Å². The van der Waals surface area contributed by atoms with Crippen LogP contribution in [0, 0.1) is 11.8 Å². The second-order valence-electron chi connectivity index (χ2n) is 8.02. The van der Waals surface area contributed by atoms with Gasteiger partial charge in [-0.25, -0.2) is 18.2 Å². The fourth-order valence-electron chi connectivity index (χ4n) is 3.78. The van der Waals surface area contributed by atoms with Crippen molar-refractivity contribution in [3.8, 4) is 0 Å². The van der Waals surface area contributed by atoms with Gasteiger partial charge >= 0.3 is 12.1 Å². The number of aryl methyl sites for hydroxylation is 1. The van der Waals surface area contributed by atoms with Crippen molar-refractivity contribution < 1.29 is 31.1 Å². The number of hydrogen-bond acceptors (Lipinski definition) is 5. The Balaban J connectivity index is 1.79. The first-order valence-electron chi connectivity index (χ1n) is 9.74. The van der Waals surface area contributed by atoms with Crippen molar-refractivity contribution in [2.24, 2.45) is 18.9 Å². The molecule has 0 saturated carbocycles. The molecule has 0 amide bonds. The van der Waals surface area contributed by atoms with Gasteiger partial charge in [0.2, 0.25) is 10.0 Å². The van der Waals surface area contributed by atoms with Crippen LogP contribution in [0.1, 0.15) is 42.6 Å². The van der Waals surface area contributed by atoms with Gasteiger partial charge in [0.15, 0.2) is 5.82 Å². The van der Waals surface area contributed by atoms with Crippen LogP contribution in [0.25, 0.3) is 0 Å². The number of carbonyl (C=O) groups is 1. The van der Waals surface area contributed by atoms with Crippen molar-refractivity contribution in [1.29, 1.82) is 0 Å². The molecule has 1 aliphatic heterocycles. The van der Waals surface area contributed by atoms with Crippen molar-refractivity contribution >= 4 is 16.0 Å². The van der Waals surface area contributed by atoms with Crippen molar-refractivity contribution in [1.82, 2.24) is 13.9 Å². The molecule has 0 aliphatic carbocycles. The molecule has 1 aromatic carbocycles. The first-order chi connectivity index (χ1) is 14.4. The number of nitrogens with zero attached hydrogens (tertiary/aromatic N) is 3. The maximum atomic E-state index is 13.4. The second-order valence-corrected chi connectivity index (χ2v) is 9.95. The van der Waals surface area contributed by atoms with Crippen LogP contribution >= 0.6 is 0 Å². The van der Waals surface area contributed by atoms with E-state index in [0.29, 0.717) is 13.1 Å². The lowest BCUT2D eigenvalue weighted by Crippen LogP contribution is -2.42. The summed E-state index contributed by atoms with van der Waals surface area (Å²) in [5.74, 6) is -1.25. The molecule has 170 valence electrons. The lowest BCUT2D eigenvalue weighted by Gasteiger charge is -2.34. The molecule has 3 rings (SSSR count). The van der Waals surface area contributed by atoms with E-state index in [1.807, 2.05) is 13.8 Å². The van der Waals surface area contributed by atoms with E-state index in [1.54, 1.807) is 0 Å². The molecule has 1 aromatic heterocycles. The predicted molar refractivity (Wildman–Crippen MR) is 106 cm³/mol. The monoisotopic (exact) mass is 459 g/mol. The lowest BCUT2D eigenvalue weighted by atomic mass is 9.94. The zero-order chi connectivity index (χ0) is 23.0. The molecular weight excluding hydrogens is 435 g/mol. The van der Waals surface area contributed by atoms with Crippen molar-refractivity contribution in [2.75, 3.05) is 13.1 Å². The zero-order valence-corrected chi connectivity index (χ0v) is 18.2. The van der Waals surface area contributed by atoms with Gasteiger partial charge in [-0.05, 0) is 42.5 Å². The number of carbonyl (C=O) groups excluding carboxylic acids is 1. The Hall–Kier alpha value is -2.40. The number of halogens is 3. The van der Waals surface area contributed by atoms with E-state index in [9.17, 15) is 26.4 Å². The third-order valence-corrected chi connectivity index (χ3v) is 7.02. The van der Waals surface area contributed by atoms with Crippen LogP contribution in [0.2, 0.25) is 0 Å². The number of imidazole rings is 1. The zero-order valence-electron chi connectivity index (χ0n) is 17.3. The number of alkyl halides is 3. The van der Waals surface area contributed by atoms with Gasteiger partial charge < -0.3 is 9.30 Å². The Morgan fingerprint density at radius 1 is 1.16 bits per heavy atom. The van der Waals surface area contributed by atoms with E-state index in [1.165, 1.54) is 35.9 Å². The number of ether oxygens (including phenoxy) is 1. The molecule has 11 heteroatoms. The number of aromatic nitrogens is 2. The predicted octanol–water partition coefficient (Wildman–Crippen LogP) is 3.55. The van der Waals surface area contributed by atoms with Gasteiger partial charge in [0, 0.05) is 32.5 Å². The quantitative estimate of drug-likeness (QED) is 0.639. The van der Waals surface area contributed by atoms with Crippen LogP contribution in [-0.4, -0.2) is 47.5 Å². The third-order valence-electron chi connectivity index (χ3n) is 5.18. The Labute approximate surface area is 178 Å². The number of sulfonamides is 1. The van der Waals surface area contributed by atoms with Crippen molar-refractivity contribution in [2.45, 2.75) is 37.4 Å². The fraction of sp³-hybridized carbons (Fsp3) is 0.500. The van der Waals surface area contributed by atoms with Gasteiger partial charge in [-0.15, -0.1) is 0 Å². The molecule has 0 bridgehead atoms. The molecular formula is C20H24F3N3O4S. The summed E-state index contributed by atoms with van der Waals surface area (Å²) in [5.41, 5.74) is -0.192. The summed E-state index contributed by atoms with van der Waals surface area (Å²) in [6.07, 6.45) is -3.99. The average Bonchev–Trinajstić information content (AvgIpc) is 3.09. The van der Waals surface area contributed by atoms with E-state index in [-0.39, 0.29) is 22.3 Å². The Bertz CT molecular complexity index is 1020. The van der Waals surface area contributed by atoms with E-state index >= 15 is 0 Å². The fourth-order valence-corrected chi connectivity index (χ4v) is 5.46. The summed E-state index contributed by atoms with van der Waals surface area (Å²) in [7, 11) is -2.41. The number of benzene rings is 1. The summed E-state index contributed by atoms with van der Waals surface area (Å²) in [6, 6.07) is 4.72. The highest BCUT2D eigenvalue weighted by atomic mass is 32.2. The standard InChI is InChI=1S/C20H24F3N3O4S/c1-13-10-14(2)12-26(11-13)31(28,29)16-6-4-15(5-7-16)19(27)30-17(20(21,22)23)18-24-8-9-25(18)3/h4-9,13-14,17H,10-12H2,1-3H3/t13-,14+,17-/m0/s1. The lowest BCUT2D eigenvalue weighted by molar-refractivity contribution is -0.210. The normalized spacial score (nSPS) is 21.6. The molecule has 0 unspecified atom stereocenters. The van der Waals surface area contributed by atoms with Crippen molar-refractivity contribution in [3.05, 3.63) is 48.0 Å². The van der Waals surface area contributed by atoms with Gasteiger partial charge in [0.1, 0.15) is 0 Å². The molecule has 1 saturated heterocycles. The molecule has 1 aliphatic rings. The smallest absolute Gasteiger partial charge is 0.432 e. The maximum absolute atomic E-state index is 13.4. The summed E-state index contributed by atoms with van der Waals surface area (Å²) in [5, 5.41) is 0. The van der Waals surface area contributed by atoms with Crippen LogP contribution in [0.3, 0.4) is 0 Å². The molecule has 2 aromatic rings. The summed E-state index contributed by atoms with van der Waals surface area (Å²) in [4.78, 5) is 15.9. The van der Waals surface area contributed by atoms with Crippen LogP contribution < -0.4 is 0 Å². The van der Waals surface area contributed by atoms with Gasteiger partial charge in [0.05, 0.1) is 10.5 Å².